The fourth-order valence-corrected chi connectivity index (χ4v) is 3.58. The molecule has 2 aliphatic rings. The summed E-state index contributed by atoms with van der Waals surface area (Å²) in [7, 11) is 0. The minimum Gasteiger partial charge on any atom is -0.375 e. The Labute approximate surface area is 140 Å². The van der Waals surface area contributed by atoms with Crippen LogP contribution in [0.4, 0.5) is 0 Å². The maximum atomic E-state index is 12.4. The van der Waals surface area contributed by atoms with Crippen LogP contribution in [0.1, 0.15) is 38.0 Å². The number of hydrogen-bond donors (Lipinski definition) is 0. The van der Waals surface area contributed by atoms with Gasteiger partial charge in [-0.25, -0.2) is 0 Å². The van der Waals surface area contributed by atoms with Gasteiger partial charge in [-0.15, -0.1) is 0 Å². The molecule has 3 heterocycles. The highest BCUT2D eigenvalue weighted by molar-refractivity contribution is 5.76. The number of hydrogen-bond acceptors (Lipinski definition) is 5. The Kier molecular flexibility index (Phi) is 4.06. The molecule has 0 unspecified atom stereocenters. The molecule has 2 aliphatic heterocycles. The van der Waals surface area contributed by atoms with E-state index in [0.29, 0.717) is 31.2 Å². The molecular formula is C18H21N3O3. The van der Waals surface area contributed by atoms with Crippen LogP contribution in [0.2, 0.25) is 0 Å². The van der Waals surface area contributed by atoms with E-state index in [1.807, 2.05) is 35.2 Å². The quantitative estimate of drug-likeness (QED) is 0.867. The molecule has 0 aliphatic carbocycles. The molecule has 1 atom stereocenters. The summed E-state index contributed by atoms with van der Waals surface area (Å²) in [4.78, 5) is 18.7. The Morgan fingerprint density at radius 1 is 1.17 bits per heavy atom. The van der Waals surface area contributed by atoms with Crippen LogP contribution in [0.5, 0.6) is 0 Å². The van der Waals surface area contributed by atoms with E-state index in [1.54, 1.807) is 0 Å². The van der Waals surface area contributed by atoms with Crippen LogP contribution in [0, 0.1) is 0 Å². The van der Waals surface area contributed by atoms with Crippen molar-refractivity contribution in [2.45, 2.75) is 44.2 Å². The molecule has 2 fully saturated rings. The van der Waals surface area contributed by atoms with Crippen molar-refractivity contribution < 1.29 is 14.1 Å². The predicted molar refractivity (Wildman–Crippen MR) is 86.9 cm³/mol. The maximum Gasteiger partial charge on any atom is 0.246 e. The predicted octanol–water partition coefficient (Wildman–Crippen LogP) is 2.80. The number of nitrogens with zero attached hydrogens (tertiary/aromatic N) is 3. The normalized spacial score (nSPS) is 24.5. The van der Waals surface area contributed by atoms with E-state index in [2.05, 4.69) is 10.1 Å². The Hall–Kier alpha value is -2.21. The highest BCUT2D eigenvalue weighted by Crippen LogP contribution is 2.36. The molecule has 0 radical (unpaired) electrons. The molecule has 2 aromatic rings. The molecule has 126 valence electrons. The minimum atomic E-state index is -0.0888. The molecular weight excluding hydrogens is 306 g/mol. The summed E-state index contributed by atoms with van der Waals surface area (Å²) < 4.78 is 11.3. The van der Waals surface area contributed by atoms with Crippen LogP contribution >= 0.6 is 0 Å². The number of aromatic nitrogens is 2. The van der Waals surface area contributed by atoms with Crippen molar-refractivity contribution in [3.05, 3.63) is 36.2 Å². The van der Waals surface area contributed by atoms with Crippen molar-refractivity contribution in [3.63, 3.8) is 0 Å². The number of benzene rings is 1. The van der Waals surface area contributed by atoms with Gasteiger partial charge in [-0.05, 0) is 25.7 Å². The van der Waals surface area contributed by atoms with E-state index in [1.165, 1.54) is 0 Å². The highest BCUT2D eigenvalue weighted by atomic mass is 16.5. The average molecular weight is 327 g/mol. The van der Waals surface area contributed by atoms with E-state index in [-0.39, 0.29) is 11.5 Å². The Bertz CT molecular complexity index is 707. The molecule has 4 rings (SSSR count). The second-order valence-electron chi connectivity index (χ2n) is 6.58. The van der Waals surface area contributed by atoms with Gasteiger partial charge in [0.15, 0.2) is 0 Å². The topological polar surface area (TPSA) is 68.5 Å². The van der Waals surface area contributed by atoms with Crippen molar-refractivity contribution in [2.75, 3.05) is 13.2 Å². The van der Waals surface area contributed by atoms with Gasteiger partial charge in [0.05, 0.1) is 12.1 Å². The molecule has 1 aromatic carbocycles. The first kappa shape index (κ1) is 15.3. The molecule has 1 aromatic heterocycles. The fourth-order valence-electron chi connectivity index (χ4n) is 3.58. The van der Waals surface area contributed by atoms with E-state index >= 15 is 0 Å². The maximum absolute atomic E-state index is 12.4. The zero-order chi connectivity index (χ0) is 16.4. The molecule has 0 bridgehead atoms. The van der Waals surface area contributed by atoms with E-state index in [0.717, 1.165) is 37.9 Å². The standard InChI is InChI=1S/C18H21N3O3/c22-16-7-9-18(8-4-12-23-18)10-11-21(16)13-15-19-17(20-24-15)14-5-2-1-3-6-14/h1-3,5-6H,4,7-13H2/t18-/m0/s1. The van der Waals surface area contributed by atoms with Crippen LogP contribution in [-0.4, -0.2) is 39.7 Å². The van der Waals surface area contributed by atoms with Gasteiger partial charge in [0.1, 0.15) is 0 Å². The molecule has 0 N–H and O–H groups in total. The van der Waals surface area contributed by atoms with Crippen LogP contribution in [-0.2, 0) is 16.1 Å². The summed E-state index contributed by atoms with van der Waals surface area (Å²) >= 11 is 0. The van der Waals surface area contributed by atoms with E-state index in [9.17, 15) is 4.79 Å². The van der Waals surface area contributed by atoms with Crippen molar-refractivity contribution in [2.24, 2.45) is 0 Å². The van der Waals surface area contributed by atoms with Gasteiger partial charge >= 0.3 is 0 Å². The number of rotatable bonds is 3. The molecule has 0 saturated carbocycles. The second kappa shape index (κ2) is 6.36. The molecule has 1 spiro atoms. The lowest BCUT2D eigenvalue weighted by atomic mass is 9.92. The van der Waals surface area contributed by atoms with Gasteiger partial charge in [0.25, 0.3) is 0 Å². The number of amides is 1. The summed E-state index contributed by atoms with van der Waals surface area (Å²) in [5, 5.41) is 4.02. The van der Waals surface area contributed by atoms with Crippen LogP contribution in [0.15, 0.2) is 34.9 Å². The molecule has 1 amide bonds. The van der Waals surface area contributed by atoms with E-state index in [4.69, 9.17) is 9.26 Å². The lowest BCUT2D eigenvalue weighted by Crippen LogP contribution is -2.32. The van der Waals surface area contributed by atoms with Crippen LogP contribution in [0.3, 0.4) is 0 Å². The van der Waals surface area contributed by atoms with Crippen molar-refractivity contribution >= 4 is 5.91 Å². The van der Waals surface area contributed by atoms with Crippen molar-refractivity contribution in [1.29, 1.82) is 0 Å². The largest absolute Gasteiger partial charge is 0.375 e. The fraction of sp³-hybridized carbons (Fsp3) is 0.500. The van der Waals surface area contributed by atoms with Crippen LogP contribution < -0.4 is 0 Å². The minimum absolute atomic E-state index is 0.0888. The lowest BCUT2D eigenvalue weighted by molar-refractivity contribution is -0.131. The van der Waals surface area contributed by atoms with Gasteiger partial charge in [0.2, 0.25) is 17.6 Å². The molecule has 6 nitrogen and oxygen atoms in total. The Balaban J connectivity index is 1.45. The average Bonchev–Trinajstić information content (AvgIpc) is 3.24. The molecule has 24 heavy (non-hydrogen) atoms. The number of ether oxygens (including phenoxy) is 1. The van der Waals surface area contributed by atoms with Gasteiger partial charge < -0.3 is 14.2 Å². The van der Waals surface area contributed by atoms with Gasteiger partial charge in [-0.3, -0.25) is 4.79 Å². The van der Waals surface area contributed by atoms with Crippen molar-refractivity contribution in [1.82, 2.24) is 15.0 Å². The SMILES string of the molecule is O=C1CC[C@@]2(CCCO2)CCN1Cc1nc(-c2ccccc2)no1. The van der Waals surface area contributed by atoms with Crippen LogP contribution in [0.25, 0.3) is 11.4 Å². The third kappa shape index (κ3) is 3.06. The summed E-state index contributed by atoms with van der Waals surface area (Å²) in [6.45, 7) is 1.87. The first-order valence-corrected chi connectivity index (χ1v) is 8.54. The summed E-state index contributed by atoms with van der Waals surface area (Å²) in [5.74, 6) is 1.18. The van der Waals surface area contributed by atoms with Gasteiger partial charge in [0, 0.05) is 25.1 Å². The zero-order valence-corrected chi connectivity index (χ0v) is 13.6. The first-order valence-electron chi connectivity index (χ1n) is 8.54. The lowest BCUT2D eigenvalue weighted by Gasteiger charge is -2.26. The zero-order valence-electron chi connectivity index (χ0n) is 13.6. The first-order chi connectivity index (χ1) is 11.7. The highest BCUT2D eigenvalue weighted by Gasteiger charge is 2.38. The smallest absolute Gasteiger partial charge is 0.246 e. The third-order valence-corrected chi connectivity index (χ3v) is 5.00. The van der Waals surface area contributed by atoms with Gasteiger partial charge in [-0.2, -0.15) is 4.98 Å². The van der Waals surface area contributed by atoms with Gasteiger partial charge in [-0.1, -0.05) is 35.5 Å². The number of likely N-dealkylation sites (tertiary alicyclic amines) is 1. The Morgan fingerprint density at radius 2 is 2.04 bits per heavy atom. The summed E-state index contributed by atoms with van der Waals surface area (Å²) in [6.07, 6.45) is 4.39. The Morgan fingerprint density at radius 3 is 2.83 bits per heavy atom. The monoisotopic (exact) mass is 327 g/mol. The summed E-state index contributed by atoms with van der Waals surface area (Å²) in [6, 6.07) is 9.69. The molecule has 6 heteroatoms. The third-order valence-electron chi connectivity index (χ3n) is 5.00. The van der Waals surface area contributed by atoms with E-state index < -0.39 is 0 Å². The van der Waals surface area contributed by atoms with Crippen molar-refractivity contribution in [3.8, 4) is 11.4 Å². The summed E-state index contributed by atoms with van der Waals surface area (Å²) in [5.41, 5.74) is 0.821. The number of carbonyl (C=O) groups excluding carboxylic acids is 1. The second-order valence-corrected chi connectivity index (χ2v) is 6.58. The molecule has 2 saturated heterocycles. The number of carbonyl (C=O) groups is 1.